The van der Waals surface area contributed by atoms with Crippen LogP contribution >= 0.6 is 11.3 Å². The first-order valence-corrected chi connectivity index (χ1v) is 7.12. The van der Waals surface area contributed by atoms with Crippen LogP contribution in [0, 0.1) is 0 Å². The third-order valence-electron chi connectivity index (χ3n) is 3.13. The summed E-state index contributed by atoms with van der Waals surface area (Å²) in [6.07, 6.45) is 2.09. The van der Waals surface area contributed by atoms with E-state index in [0.29, 0.717) is 29.5 Å². The van der Waals surface area contributed by atoms with E-state index in [4.69, 9.17) is 9.15 Å². The third-order valence-corrected chi connectivity index (χ3v) is 3.99. The van der Waals surface area contributed by atoms with Crippen LogP contribution in [-0.2, 0) is 4.74 Å². The number of aliphatic hydroxyl groups is 1. The van der Waals surface area contributed by atoms with Gasteiger partial charge in [0, 0.05) is 25.0 Å². The van der Waals surface area contributed by atoms with Crippen molar-refractivity contribution in [1.82, 2.24) is 10.3 Å². The molecule has 2 aromatic rings. The molecule has 106 valence electrons. The summed E-state index contributed by atoms with van der Waals surface area (Å²) in [7, 11) is 0. The summed E-state index contributed by atoms with van der Waals surface area (Å²) in [5.41, 5.74) is -0.640. The zero-order chi connectivity index (χ0) is 14.0. The Morgan fingerprint density at radius 1 is 1.60 bits per heavy atom. The summed E-state index contributed by atoms with van der Waals surface area (Å²) < 4.78 is 10.4. The van der Waals surface area contributed by atoms with Gasteiger partial charge in [0.15, 0.2) is 10.8 Å². The molecule has 1 unspecified atom stereocenters. The Labute approximate surface area is 119 Å². The number of nitrogens with one attached hydrogen (secondary N) is 1. The fourth-order valence-electron chi connectivity index (χ4n) is 1.96. The van der Waals surface area contributed by atoms with E-state index in [1.807, 2.05) is 0 Å². The maximum Gasteiger partial charge on any atom is 0.270 e. The molecule has 0 bridgehead atoms. The normalized spacial score (nSPS) is 22.1. The summed E-state index contributed by atoms with van der Waals surface area (Å²) in [5.74, 6) is 0.330. The standard InChI is InChI=1S/C13H14N2O4S/c16-11(14-7-13(17)3-5-18-8-13)9-6-20-12(15-9)10-2-1-4-19-10/h1-2,4,6,17H,3,5,7-8H2,(H,14,16). The van der Waals surface area contributed by atoms with Crippen LogP contribution in [0.5, 0.6) is 0 Å². The number of aromatic nitrogens is 1. The molecule has 1 amide bonds. The molecule has 2 N–H and O–H groups in total. The zero-order valence-corrected chi connectivity index (χ0v) is 11.5. The highest BCUT2D eigenvalue weighted by Crippen LogP contribution is 2.24. The minimum absolute atomic E-state index is 0.166. The number of furan rings is 1. The van der Waals surface area contributed by atoms with Crippen LogP contribution in [0.2, 0.25) is 0 Å². The van der Waals surface area contributed by atoms with Crippen molar-refractivity contribution in [3.05, 3.63) is 29.5 Å². The van der Waals surface area contributed by atoms with Crippen LogP contribution in [0.25, 0.3) is 10.8 Å². The molecule has 7 heteroatoms. The smallest absolute Gasteiger partial charge is 0.270 e. The van der Waals surface area contributed by atoms with E-state index in [1.165, 1.54) is 11.3 Å². The van der Waals surface area contributed by atoms with Gasteiger partial charge in [-0.15, -0.1) is 11.3 Å². The SMILES string of the molecule is O=C(NCC1(O)CCOC1)c1csc(-c2ccco2)n1. The molecule has 0 aromatic carbocycles. The number of ether oxygens (including phenoxy) is 1. The highest BCUT2D eigenvalue weighted by atomic mass is 32.1. The number of thiazole rings is 1. The largest absolute Gasteiger partial charge is 0.462 e. The van der Waals surface area contributed by atoms with Gasteiger partial charge >= 0.3 is 0 Å². The van der Waals surface area contributed by atoms with Crippen molar-refractivity contribution in [2.24, 2.45) is 0 Å². The van der Waals surface area contributed by atoms with E-state index in [2.05, 4.69) is 10.3 Å². The van der Waals surface area contributed by atoms with E-state index in [9.17, 15) is 9.90 Å². The van der Waals surface area contributed by atoms with Crippen LogP contribution in [0.15, 0.2) is 28.2 Å². The van der Waals surface area contributed by atoms with Gasteiger partial charge < -0.3 is 19.6 Å². The summed E-state index contributed by atoms with van der Waals surface area (Å²) in [4.78, 5) is 16.2. The number of hydrogen-bond donors (Lipinski definition) is 2. The molecule has 1 saturated heterocycles. The highest BCUT2D eigenvalue weighted by Gasteiger charge is 2.32. The lowest BCUT2D eigenvalue weighted by Gasteiger charge is -2.20. The van der Waals surface area contributed by atoms with Gasteiger partial charge in [-0.1, -0.05) is 0 Å². The van der Waals surface area contributed by atoms with E-state index in [-0.39, 0.29) is 19.1 Å². The topological polar surface area (TPSA) is 84.6 Å². The fraction of sp³-hybridized carbons (Fsp3) is 0.385. The molecule has 0 spiro atoms. The summed E-state index contributed by atoms with van der Waals surface area (Å²) in [5, 5.41) is 15.1. The van der Waals surface area contributed by atoms with Crippen LogP contribution in [0.3, 0.4) is 0 Å². The van der Waals surface area contributed by atoms with E-state index < -0.39 is 5.60 Å². The van der Waals surface area contributed by atoms with E-state index in [1.54, 1.807) is 23.8 Å². The van der Waals surface area contributed by atoms with Crippen molar-refractivity contribution in [2.75, 3.05) is 19.8 Å². The molecule has 2 aromatic heterocycles. The van der Waals surface area contributed by atoms with E-state index >= 15 is 0 Å². The molecular weight excluding hydrogens is 280 g/mol. The van der Waals surface area contributed by atoms with Crippen LogP contribution < -0.4 is 5.32 Å². The van der Waals surface area contributed by atoms with Gasteiger partial charge in [0.1, 0.15) is 11.3 Å². The lowest BCUT2D eigenvalue weighted by Crippen LogP contribution is -2.43. The number of carbonyl (C=O) groups is 1. The summed E-state index contributed by atoms with van der Waals surface area (Å²) >= 11 is 1.34. The second-order valence-corrected chi connectivity index (χ2v) is 5.58. The minimum atomic E-state index is -0.963. The summed E-state index contributed by atoms with van der Waals surface area (Å²) in [6, 6.07) is 3.56. The monoisotopic (exact) mass is 294 g/mol. The molecule has 20 heavy (non-hydrogen) atoms. The molecule has 1 atom stereocenters. The van der Waals surface area contributed by atoms with Gasteiger partial charge in [0.25, 0.3) is 5.91 Å². The Hall–Kier alpha value is -1.70. The van der Waals surface area contributed by atoms with Crippen molar-refractivity contribution < 1.29 is 19.1 Å². The molecule has 6 nitrogen and oxygen atoms in total. The first-order chi connectivity index (χ1) is 9.66. The van der Waals surface area contributed by atoms with Crippen LogP contribution in [0.4, 0.5) is 0 Å². The predicted octanol–water partition coefficient (Wildman–Crippen LogP) is 1.28. The van der Waals surface area contributed by atoms with E-state index in [0.717, 1.165) is 0 Å². The lowest BCUT2D eigenvalue weighted by molar-refractivity contribution is 0.0264. The maximum absolute atomic E-state index is 12.0. The molecule has 1 aliphatic heterocycles. The first-order valence-electron chi connectivity index (χ1n) is 6.24. The Kier molecular flexibility index (Phi) is 3.56. The Morgan fingerprint density at radius 3 is 3.20 bits per heavy atom. The Morgan fingerprint density at radius 2 is 2.50 bits per heavy atom. The van der Waals surface area contributed by atoms with Crippen molar-refractivity contribution >= 4 is 17.2 Å². The highest BCUT2D eigenvalue weighted by molar-refractivity contribution is 7.13. The second-order valence-electron chi connectivity index (χ2n) is 4.72. The van der Waals surface area contributed by atoms with Crippen molar-refractivity contribution in [2.45, 2.75) is 12.0 Å². The number of amides is 1. The first kappa shape index (κ1) is 13.3. The predicted molar refractivity (Wildman–Crippen MR) is 72.5 cm³/mol. The molecule has 1 fully saturated rings. The average Bonchev–Trinajstić information content (AvgIpc) is 3.16. The number of hydrogen-bond acceptors (Lipinski definition) is 6. The third kappa shape index (κ3) is 2.74. The molecule has 1 aliphatic rings. The molecule has 3 heterocycles. The molecule has 3 rings (SSSR count). The minimum Gasteiger partial charge on any atom is -0.462 e. The number of carbonyl (C=O) groups excluding carboxylic acids is 1. The quantitative estimate of drug-likeness (QED) is 0.887. The van der Waals surface area contributed by atoms with Crippen molar-refractivity contribution in [1.29, 1.82) is 0 Å². The van der Waals surface area contributed by atoms with Gasteiger partial charge in [-0.05, 0) is 12.1 Å². The number of rotatable bonds is 4. The van der Waals surface area contributed by atoms with Gasteiger partial charge in [-0.2, -0.15) is 0 Å². The van der Waals surface area contributed by atoms with Crippen molar-refractivity contribution in [3.8, 4) is 10.8 Å². The maximum atomic E-state index is 12.0. The average molecular weight is 294 g/mol. The Balaban J connectivity index is 1.63. The molecule has 0 radical (unpaired) electrons. The van der Waals surface area contributed by atoms with Crippen LogP contribution in [0.1, 0.15) is 16.9 Å². The summed E-state index contributed by atoms with van der Waals surface area (Å²) in [6.45, 7) is 0.938. The molecular formula is C13H14N2O4S. The number of nitrogens with zero attached hydrogens (tertiary/aromatic N) is 1. The fourth-order valence-corrected chi connectivity index (χ4v) is 2.73. The molecule has 0 aliphatic carbocycles. The van der Waals surface area contributed by atoms with Gasteiger partial charge in [-0.25, -0.2) is 4.98 Å². The lowest BCUT2D eigenvalue weighted by atomic mass is 10.0. The van der Waals surface area contributed by atoms with Gasteiger partial charge in [-0.3, -0.25) is 4.79 Å². The second kappa shape index (κ2) is 5.35. The molecule has 0 saturated carbocycles. The zero-order valence-electron chi connectivity index (χ0n) is 10.7. The van der Waals surface area contributed by atoms with Gasteiger partial charge in [0.05, 0.1) is 12.9 Å². The van der Waals surface area contributed by atoms with Gasteiger partial charge in [0.2, 0.25) is 0 Å². The van der Waals surface area contributed by atoms with Crippen LogP contribution in [-0.4, -0.2) is 41.4 Å². The van der Waals surface area contributed by atoms with Crippen molar-refractivity contribution in [3.63, 3.8) is 0 Å². The Bertz CT molecular complexity index is 587.